The van der Waals surface area contributed by atoms with E-state index in [-0.39, 0.29) is 42.1 Å². The minimum Gasteiger partial charge on any atom is -0.377 e. The number of hydrogen-bond donors (Lipinski definition) is 2. The van der Waals surface area contributed by atoms with Gasteiger partial charge < -0.3 is 24.6 Å². The first-order chi connectivity index (χ1) is 15.6. The second-order valence-corrected chi connectivity index (χ2v) is 7.85. The van der Waals surface area contributed by atoms with Gasteiger partial charge in [-0.3, -0.25) is 19.8 Å². The number of carbonyl (C=O) groups excluding carboxylic acids is 3. The summed E-state index contributed by atoms with van der Waals surface area (Å²) in [5, 5.41) is 9.08. The average molecular weight is 470 g/mol. The Kier molecular flexibility index (Phi) is 7.69. The molecule has 0 aromatic heterocycles. The number of nitrogens with zero attached hydrogens (tertiary/aromatic N) is 2. The lowest BCUT2D eigenvalue weighted by atomic mass is 10.1. The fourth-order valence-corrected chi connectivity index (χ4v) is 3.71. The maximum atomic E-state index is 12.8. The number of ether oxygens (including phenoxy) is 2. The van der Waals surface area contributed by atoms with E-state index in [1.807, 2.05) is 0 Å². The highest BCUT2D eigenvalue weighted by atomic mass is 19.4. The number of alkyl halides is 3. The van der Waals surface area contributed by atoms with Gasteiger partial charge in [0.1, 0.15) is 11.9 Å². The predicted molar refractivity (Wildman–Crippen MR) is 110 cm³/mol. The molecule has 2 saturated heterocycles. The van der Waals surface area contributed by atoms with Crippen molar-refractivity contribution in [1.29, 1.82) is 5.41 Å². The van der Waals surface area contributed by atoms with Crippen LogP contribution in [0.25, 0.3) is 0 Å². The van der Waals surface area contributed by atoms with Gasteiger partial charge in [-0.25, -0.2) is 0 Å². The quantitative estimate of drug-likeness (QED) is 0.496. The Balaban J connectivity index is 1.61. The molecule has 2 heterocycles. The van der Waals surface area contributed by atoms with Gasteiger partial charge in [0.15, 0.2) is 0 Å². The number of amides is 3. The molecule has 2 unspecified atom stereocenters. The number of carbonyl (C=O) groups is 3. The summed E-state index contributed by atoms with van der Waals surface area (Å²) in [5.74, 6) is -3.45. The molecule has 2 N–H and O–H groups in total. The average Bonchev–Trinajstić information content (AvgIpc) is 3.33. The van der Waals surface area contributed by atoms with Crippen LogP contribution < -0.4 is 5.32 Å². The van der Waals surface area contributed by atoms with Crippen LogP contribution in [-0.4, -0.2) is 91.6 Å². The van der Waals surface area contributed by atoms with E-state index >= 15 is 0 Å². The predicted octanol–water partition coefficient (Wildman–Crippen LogP) is 1.17. The minimum atomic E-state index is -5.10. The van der Waals surface area contributed by atoms with Gasteiger partial charge in [0, 0.05) is 37.9 Å². The summed E-state index contributed by atoms with van der Waals surface area (Å²) in [6.45, 7) is 1.87. The first-order valence-electron chi connectivity index (χ1n) is 10.4. The van der Waals surface area contributed by atoms with E-state index in [4.69, 9.17) is 14.9 Å². The lowest BCUT2D eigenvalue weighted by Crippen LogP contribution is -2.56. The van der Waals surface area contributed by atoms with Gasteiger partial charge >= 0.3 is 12.1 Å². The Morgan fingerprint density at radius 3 is 2.45 bits per heavy atom. The molecule has 33 heavy (non-hydrogen) atoms. The van der Waals surface area contributed by atoms with Gasteiger partial charge in [0.05, 0.1) is 19.3 Å². The van der Waals surface area contributed by atoms with Gasteiger partial charge in [0.2, 0.25) is 0 Å². The highest BCUT2D eigenvalue weighted by molar-refractivity contribution is 6.08. The van der Waals surface area contributed by atoms with E-state index in [1.54, 1.807) is 11.9 Å². The molecule has 12 heteroatoms. The van der Waals surface area contributed by atoms with Crippen molar-refractivity contribution in [2.45, 2.75) is 31.2 Å². The lowest BCUT2D eigenvalue weighted by Gasteiger charge is -2.38. The maximum Gasteiger partial charge on any atom is 0.471 e. The van der Waals surface area contributed by atoms with Crippen molar-refractivity contribution in [2.24, 2.45) is 0 Å². The van der Waals surface area contributed by atoms with Crippen molar-refractivity contribution in [1.82, 2.24) is 15.1 Å². The molecule has 1 aromatic carbocycles. The number of likely N-dealkylation sites (N-methyl/N-ethyl adjacent to an activating group) is 1. The Hall–Kier alpha value is -2.99. The van der Waals surface area contributed by atoms with Crippen molar-refractivity contribution >= 4 is 23.6 Å². The normalized spacial score (nSPS) is 20.9. The molecule has 3 rings (SSSR count). The molecule has 3 amide bonds. The molecule has 9 nitrogen and oxygen atoms in total. The van der Waals surface area contributed by atoms with Crippen molar-refractivity contribution < 1.29 is 37.0 Å². The largest absolute Gasteiger partial charge is 0.471 e. The van der Waals surface area contributed by atoms with Crippen LogP contribution in [0, 0.1) is 5.41 Å². The summed E-state index contributed by atoms with van der Waals surface area (Å²) in [7, 11) is 1.57. The van der Waals surface area contributed by atoms with Gasteiger partial charge in [0.25, 0.3) is 11.8 Å². The molecule has 2 atom stereocenters. The number of benzene rings is 1. The van der Waals surface area contributed by atoms with Gasteiger partial charge in [-0.15, -0.1) is 0 Å². The number of halogens is 3. The van der Waals surface area contributed by atoms with E-state index in [2.05, 4.69) is 0 Å². The van der Waals surface area contributed by atoms with E-state index in [0.29, 0.717) is 26.2 Å². The minimum absolute atomic E-state index is 0.0146. The van der Waals surface area contributed by atoms with Crippen LogP contribution >= 0.6 is 0 Å². The third kappa shape index (κ3) is 6.08. The summed E-state index contributed by atoms with van der Waals surface area (Å²) >= 11 is 0. The monoisotopic (exact) mass is 470 g/mol. The number of nitrogens with one attached hydrogen (secondary N) is 2. The van der Waals surface area contributed by atoms with Crippen molar-refractivity contribution in [3.05, 3.63) is 35.4 Å². The molecule has 0 radical (unpaired) electrons. The maximum absolute atomic E-state index is 12.8. The van der Waals surface area contributed by atoms with E-state index in [0.717, 1.165) is 6.42 Å². The van der Waals surface area contributed by atoms with Gasteiger partial charge in [-0.05, 0) is 25.0 Å². The van der Waals surface area contributed by atoms with Crippen molar-refractivity contribution in [3.63, 3.8) is 0 Å². The molecule has 0 saturated carbocycles. The Labute approximate surface area is 188 Å². The Morgan fingerprint density at radius 2 is 1.85 bits per heavy atom. The zero-order valence-corrected chi connectivity index (χ0v) is 18.0. The standard InChI is InChI=1S/C21H25F3N4O5/c1-27(11-15-12-32-10-8-28(15)19(30)16-3-2-9-33-16)18(29)14-6-4-13(5-7-14)17(25)26-20(31)21(22,23)24/h4-7,15-16H,2-3,8-12H2,1H3,(H2,25,26,31). The van der Waals surface area contributed by atoms with Crippen LogP contribution in [-0.2, 0) is 19.1 Å². The first-order valence-corrected chi connectivity index (χ1v) is 10.4. The topological polar surface area (TPSA) is 112 Å². The number of morpholine rings is 1. The summed E-state index contributed by atoms with van der Waals surface area (Å²) in [4.78, 5) is 39.7. The molecule has 0 bridgehead atoms. The van der Waals surface area contributed by atoms with Crippen LogP contribution in [0.2, 0.25) is 0 Å². The van der Waals surface area contributed by atoms with Crippen molar-refractivity contribution in [2.75, 3.05) is 40.0 Å². The summed E-state index contributed by atoms with van der Waals surface area (Å²) in [6, 6.07) is 4.92. The van der Waals surface area contributed by atoms with Crippen LogP contribution in [0.15, 0.2) is 24.3 Å². The third-order valence-electron chi connectivity index (χ3n) is 5.46. The third-order valence-corrected chi connectivity index (χ3v) is 5.46. The number of hydrogen-bond acceptors (Lipinski definition) is 6. The molecular weight excluding hydrogens is 445 g/mol. The highest BCUT2D eigenvalue weighted by Gasteiger charge is 2.39. The van der Waals surface area contributed by atoms with Gasteiger partial charge in [-0.1, -0.05) is 12.1 Å². The fraction of sp³-hybridized carbons (Fsp3) is 0.524. The van der Waals surface area contributed by atoms with E-state index in [9.17, 15) is 27.6 Å². The van der Waals surface area contributed by atoms with E-state index < -0.39 is 24.0 Å². The number of rotatable bonds is 5. The van der Waals surface area contributed by atoms with Crippen LogP contribution in [0.1, 0.15) is 28.8 Å². The SMILES string of the molecule is CN(CC1COCCN1C(=O)C1CCCO1)C(=O)c1ccc(C(=N)NC(=O)C(F)(F)F)cc1. The Bertz CT molecular complexity index is 900. The second-order valence-electron chi connectivity index (χ2n) is 7.85. The highest BCUT2D eigenvalue weighted by Crippen LogP contribution is 2.19. The van der Waals surface area contributed by atoms with Crippen LogP contribution in [0.5, 0.6) is 0 Å². The molecule has 2 fully saturated rings. The first kappa shape index (κ1) is 24.6. The van der Waals surface area contributed by atoms with E-state index in [1.165, 1.54) is 34.5 Å². The molecule has 2 aliphatic rings. The smallest absolute Gasteiger partial charge is 0.377 e. The molecule has 180 valence electrons. The summed E-state index contributed by atoms with van der Waals surface area (Å²) in [6.07, 6.45) is -4.07. The van der Waals surface area contributed by atoms with Gasteiger partial charge in [-0.2, -0.15) is 13.2 Å². The molecule has 2 aliphatic heterocycles. The Morgan fingerprint density at radius 1 is 1.18 bits per heavy atom. The molecule has 0 spiro atoms. The molecule has 0 aliphatic carbocycles. The van der Waals surface area contributed by atoms with Crippen LogP contribution in [0.3, 0.4) is 0 Å². The lowest BCUT2D eigenvalue weighted by molar-refractivity contribution is -0.171. The second kappa shape index (κ2) is 10.3. The zero-order chi connectivity index (χ0) is 24.2. The van der Waals surface area contributed by atoms with Crippen LogP contribution in [0.4, 0.5) is 13.2 Å². The summed E-state index contributed by atoms with van der Waals surface area (Å²) in [5.41, 5.74) is 0.255. The molecular formula is C21H25F3N4O5. The molecule has 1 aromatic rings. The van der Waals surface area contributed by atoms with Crippen molar-refractivity contribution in [3.8, 4) is 0 Å². The number of amidine groups is 1. The summed E-state index contributed by atoms with van der Waals surface area (Å²) < 4.78 is 48.0. The fourth-order valence-electron chi connectivity index (χ4n) is 3.71. The zero-order valence-electron chi connectivity index (χ0n) is 18.0.